The zero-order valence-corrected chi connectivity index (χ0v) is 10.6. The Morgan fingerprint density at radius 1 is 0.941 bits per heavy atom. The zero-order valence-electron chi connectivity index (χ0n) is 9.82. The summed E-state index contributed by atoms with van der Waals surface area (Å²) in [7, 11) is 0. The molecule has 0 aliphatic heterocycles. The van der Waals surface area contributed by atoms with Crippen LogP contribution in [-0.2, 0) is 12.5 Å². The van der Waals surface area contributed by atoms with E-state index in [1.807, 2.05) is 48.5 Å². The van der Waals surface area contributed by atoms with Crippen molar-refractivity contribution in [1.29, 1.82) is 0 Å². The number of rotatable bonds is 4. The molecular formula is C15H15ClO. The molecule has 0 N–H and O–H groups in total. The van der Waals surface area contributed by atoms with Crippen molar-refractivity contribution in [1.82, 2.24) is 0 Å². The first-order chi connectivity index (χ1) is 8.29. The van der Waals surface area contributed by atoms with Gasteiger partial charge in [-0.05, 0) is 30.2 Å². The van der Waals surface area contributed by atoms with Gasteiger partial charge in [0, 0.05) is 5.88 Å². The van der Waals surface area contributed by atoms with Gasteiger partial charge in [-0.3, -0.25) is 0 Å². The fourth-order valence-electron chi connectivity index (χ4n) is 1.62. The van der Waals surface area contributed by atoms with Gasteiger partial charge in [-0.25, -0.2) is 0 Å². The molecule has 2 aromatic carbocycles. The highest BCUT2D eigenvalue weighted by atomic mass is 35.5. The van der Waals surface area contributed by atoms with Crippen LogP contribution in [0.4, 0.5) is 0 Å². The summed E-state index contributed by atoms with van der Waals surface area (Å²) in [6, 6.07) is 16.1. The predicted octanol–water partition coefficient (Wildman–Crippen LogP) is 4.31. The van der Waals surface area contributed by atoms with Crippen molar-refractivity contribution >= 4 is 11.6 Å². The van der Waals surface area contributed by atoms with Crippen LogP contribution >= 0.6 is 11.6 Å². The smallest absolute Gasteiger partial charge is 0.119 e. The molecule has 0 saturated heterocycles. The minimum Gasteiger partial charge on any atom is -0.489 e. The molecule has 0 spiro atoms. The molecule has 0 unspecified atom stereocenters. The SMILES string of the molecule is Cc1ccc(OCc2ccccc2CCl)cc1. The average molecular weight is 247 g/mol. The molecule has 17 heavy (non-hydrogen) atoms. The maximum atomic E-state index is 5.88. The Bertz CT molecular complexity index is 477. The molecule has 2 aromatic rings. The topological polar surface area (TPSA) is 9.23 Å². The zero-order chi connectivity index (χ0) is 12.1. The van der Waals surface area contributed by atoms with Crippen LogP contribution in [0.1, 0.15) is 16.7 Å². The van der Waals surface area contributed by atoms with E-state index in [9.17, 15) is 0 Å². The molecule has 0 aliphatic rings. The molecule has 0 aliphatic carbocycles. The van der Waals surface area contributed by atoms with E-state index in [0.29, 0.717) is 12.5 Å². The Kier molecular flexibility index (Phi) is 4.05. The molecule has 0 saturated carbocycles. The van der Waals surface area contributed by atoms with Gasteiger partial charge >= 0.3 is 0 Å². The molecule has 0 fully saturated rings. The molecule has 0 heterocycles. The fourth-order valence-corrected chi connectivity index (χ4v) is 1.88. The summed E-state index contributed by atoms with van der Waals surface area (Å²) in [5.74, 6) is 1.41. The third-order valence-electron chi connectivity index (χ3n) is 2.68. The summed E-state index contributed by atoms with van der Waals surface area (Å²) in [6.07, 6.45) is 0. The Morgan fingerprint density at radius 3 is 2.24 bits per heavy atom. The van der Waals surface area contributed by atoms with E-state index < -0.39 is 0 Å². The number of benzene rings is 2. The standard InChI is InChI=1S/C15H15ClO/c1-12-6-8-15(9-7-12)17-11-14-5-3-2-4-13(14)10-16/h2-9H,10-11H2,1H3. The van der Waals surface area contributed by atoms with E-state index in [1.165, 1.54) is 5.56 Å². The Balaban J connectivity index is 2.04. The Labute approximate surface area is 107 Å². The molecule has 2 heteroatoms. The van der Waals surface area contributed by atoms with E-state index in [4.69, 9.17) is 16.3 Å². The van der Waals surface area contributed by atoms with E-state index in [1.54, 1.807) is 0 Å². The van der Waals surface area contributed by atoms with Gasteiger partial charge < -0.3 is 4.74 Å². The summed E-state index contributed by atoms with van der Waals surface area (Å²) in [5.41, 5.74) is 3.50. The van der Waals surface area contributed by atoms with Crippen LogP contribution < -0.4 is 4.74 Å². The van der Waals surface area contributed by atoms with E-state index >= 15 is 0 Å². The van der Waals surface area contributed by atoms with Crippen LogP contribution in [0.15, 0.2) is 48.5 Å². The van der Waals surface area contributed by atoms with Crippen molar-refractivity contribution in [2.45, 2.75) is 19.4 Å². The molecule has 0 bridgehead atoms. The second-order valence-corrected chi connectivity index (χ2v) is 4.27. The minimum absolute atomic E-state index is 0.521. The van der Waals surface area contributed by atoms with Crippen molar-refractivity contribution in [3.63, 3.8) is 0 Å². The largest absolute Gasteiger partial charge is 0.489 e. The summed E-state index contributed by atoms with van der Waals surface area (Å²) < 4.78 is 5.73. The van der Waals surface area contributed by atoms with Crippen molar-refractivity contribution in [3.05, 3.63) is 65.2 Å². The maximum Gasteiger partial charge on any atom is 0.119 e. The van der Waals surface area contributed by atoms with E-state index in [0.717, 1.165) is 16.9 Å². The van der Waals surface area contributed by atoms with Crippen molar-refractivity contribution in [2.24, 2.45) is 0 Å². The second kappa shape index (κ2) is 5.74. The number of hydrogen-bond acceptors (Lipinski definition) is 1. The van der Waals surface area contributed by atoms with Gasteiger partial charge in [0.2, 0.25) is 0 Å². The summed E-state index contributed by atoms with van der Waals surface area (Å²) in [5, 5.41) is 0. The van der Waals surface area contributed by atoms with Gasteiger partial charge in [0.05, 0.1) is 0 Å². The van der Waals surface area contributed by atoms with Crippen molar-refractivity contribution in [2.75, 3.05) is 0 Å². The lowest BCUT2D eigenvalue weighted by Crippen LogP contribution is -1.98. The lowest BCUT2D eigenvalue weighted by Gasteiger charge is -2.09. The van der Waals surface area contributed by atoms with Crippen LogP contribution in [0.3, 0.4) is 0 Å². The molecule has 0 radical (unpaired) electrons. The summed E-state index contributed by atoms with van der Waals surface area (Å²) in [6.45, 7) is 2.62. The quantitative estimate of drug-likeness (QED) is 0.731. The van der Waals surface area contributed by atoms with Gasteiger partial charge in [-0.1, -0.05) is 42.0 Å². The van der Waals surface area contributed by atoms with E-state index in [-0.39, 0.29) is 0 Å². The van der Waals surface area contributed by atoms with Gasteiger partial charge in [-0.15, -0.1) is 11.6 Å². The molecule has 1 nitrogen and oxygen atoms in total. The maximum absolute atomic E-state index is 5.88. The number of hydrogen-bond donors (Lipinski definition) is 0. The minimum atomic E-state index is 0.521. The Hall–Kier alpha value is -1.47. The van der Waals surface area contributed by atoms with Gasteiger partial charge in [0.1, 0.15) is 12.4 Å². The van der Waals surface area contributed by atoms with Crippen molar-refractivity contribution < 1.29 is 4.74 Å². The van der Waals surface area contributed by atoms with Crippen LogP contribution in [0.25, 0.3) is 0 Å². The lowest BCUT2D eigenvalue weighted by atomic mass is 10.1. The molecule has 0 atom stereocenters. The van der Waals surface area contributed by atoms with Crippen LogP contribution in [-0.4, -0.2) is 0 Å². The number of aryl methyl sites for hydroxylation is 1. The van der Waals surface area contributed by atoms with Crippen LogP contribution in [0.5, 0.6) is 5.75 Å². The van der Waals surface area contributed by atoms with E-state index in [2.05, 4.69) is 6.92 Å². The first-order valence-corrected chi connectivity index (χ1v) is 6.15. The normalized spacial score (nSPS) is 10.2. The highest BCUT2D eigenvalue weighted by Crippen LogP contribution is 2.16. The monoisotopic (exact) mass is 246 g/mol. The number of halogens is 1. The Morgan fingerprint density at radius 2 is 1.59 bits per heavy atom. The molecular weight excluding hydrogens is 232 g/mol. The molecule has 88 valence electrons. The summed E-state index contributed by atoms with van der Waals surface area (Å²) in [4.78, 5) is 0. The highest BCUT2D eigenvalue weighted by Gasteiger charge is 2.01. The molecule has 0 aromatic heterocycles. The molecule has 0 amide bonds. The number of ether oxygens (including phenoxy) is 1. The predicted molar refractivity (Wildman–Crippen MR) is 71.5 cm³/mol. The lowest BCUT2D eigenvalue weighted by molar-refractivity contribution is 0.305. The summed E-state index contributed by atoms with van der Waals surface area (Å²) >= 11 is 5.88. The highest BCUT2D eigenvalue weighted by molar-refractivity contribution is 6.17. The first kappa shape index (κ1) is 12.0. The third kappa shape index (κ3) is 3.24. The third-order valence-corrected chi connectivity index (χ3v) is 2.97. The van der Waals surface area contributed by atoms with Crippen LogP contribution in [0.2, 0.25) is 0 Å². The average Bonchev–Trinajstić information content (AvgIpc) is 2.38. The van der Waals surface area contributed by atoms with Crippen LogP contribution in [0, 0.1) is 6.92 Å². The van der Waals surface area contributed by atoms with Gasteiger partial charge in [0.15, 0.2) is 0 Å². The molecule has 2 rings (SSSR count). The first-order valence-electron chi connectivity index (χ1n) is 5.62. The second-order valence-electron chi connectivity index (χ2n) is 4.00. The fraction of sp³-hybridized carbons (Fsp3) is 0.200. The van der Waals surface area contributed by atoms with Crippen molar-refractivity contribution in [3.8, 4) is 5.75 Å². The van der Waals surface area contributed by atoms with Gasteiger partial charge in [-0.2, -0.15) is 0 Å². The van der Waals surface area contributed by atoms with Gasteiger partial charge in [0.25, 0.3) is 0 Å². The number of alkyl halides is 1.